The third-order valence-corrected chi connectivity index (χ3v) is 2.57. The summed E-state index contributed by atoms with van der Waals surface area (Å²) in [6, 6.07) is 5.00. The number of aliphatic hydroxyl groups excluding tert-OH is 1. The lowest BCUT2D eigenvalue weighted by molar-refractivity contribution is 0.292. The Kier molecular flexibility index (Phi) is 3.93. The molecule has 0 aromatic heterocycles. The van der Waals surface area contributed by atoms with Crippen LogP contribution in [0.25, 0.3) is 0 Å². The largest absolute Gasteiger partial charge is 0.396 e. The molecule has 2 rings (SSSR count). The molecule has 3 N–H and O–H groups in total. The van der Waals surface area contributed by atoms with Crippen LogP contribution < -0.4 is 10.6 Å². The number of aliphatic hydroxyl groups is 1. The molecule has 1 aromatic rings. The topological polar surface area (TPSA) is 56.6 Å². The zero-order valence-electron chi connectivity index (χ0n) is 9.54. The first-order valence-electron chi connectivity index (χ1n) is 5.74. The summed E-state index contributed by atoms with van der Waals surface area (Å²) < 4.78 is 13.7. The third kappa shape index (κ3) is 2.94. The average molecular weight is 237 g/mol. The fourth-order valence-electron chi connectivity index (χ4n) is 1.70. The van der Waals surface area contributed by atoms with Crippen molar-refractivity contribution >= 4 is 11.5 Å². The van der Waals surface area contributed by atoms with Crippen molar-refractivity contribution in [3.63, 3.8) is 0 Å². The Labute approximate surface area is 99.6 Å². The lowest BCUT2D eigenvalue weighted by atomic mass is 10.1. The molecule has 0 radical (unpaired) electrons. The van der Waals surface area contributed by atoms with Gasteiger partial charge in [0, 0.05) is 25.3 Å². The molecule has 0 unspecified atom stereocenters. The van der Waals surface area contributed by atoms with Gasteiger partial charge in [-0.1, -0.05) is 0 Å². The van der Waals surface area contributed by atoms with E-state index in [9.17, 15) is 4.39 Å². The maximum atomic E-state index is 13.7. The van der Waals surface area contributed by atoms with Gasteiger partial charge >= 0.3 is 0 Å². The molecule has 1 aliphatic heterocycles. The highest BCUT2D eigenvalue weighted by atomic mass is 19.1. The van der Waals surface area contributed by atoms with Gasteiger partial charge in [0.15, 0.2) is 0 Å². The van der Waals surface area contributed by atoms with E-state index in [2.05, 4.69) is 15.6 Å². The molecule has 1 aliphatic rings. The summed E-state index contributed by atoms with van der Waals surface area (Å²) in [5, 5.41) is 14.7. The molecule has 0 spiro atoms. The smallest absolute Gasteiger partial charge is 0.147 e. The zero-order valence-corrected chi connectivity index (χ0v) is 9.54. The van der Waals surface area contributed by atoms with Crippen molar-refractivity contribution in [2.45, 2.75) is 6.42 Å². The summed E-state index contributed by atoms with van der Waals surface area (Å²) in [6.07, 6.45) is 0.607. The second-order valence-electron chi connectivity index (χ2n) is 3.86. The van der Waals surface area contributed by atoms with E-state index >= 15 is 0 Å². The van der Waals surface area contributed by atoms with Gasteiger partial charge in [-0.05, 0) is 24.6 Å². The van der Waals surface area contributed by atoms with Crippen LogP contribution in [0.4, 0.5) is 10.1 Å². The SMILES string of the molecule is OCCCNc1ccc(C2=NCCN2)cc1F. The molecule has 0 saturated heterocycles. The molecule has 92 valence electrons. The molecule has 1 aromatic carbocycles. The summed E-state index contributed by atoms with van der Waals surface area (Å²) in [5.41, 5.74) is 1.23. The predicted molar refractivity (Wildman–Crippen MR) is 66.0 cm³/mol. The molecular formula is C12H16FN3O. The first-order valence-corrected chi connectivity index (χ1v) is 5.74. The van der Waals surface area contributed by atoms with Gasteiger partial charge < -0.3 is 15.7 Å². The first-order chi connectivity index (χ1) is 8.31. The Morgan fingerprint density at radius 2 is 2.35 bits per heavy atom. The van der Waals surface area contributed by atoms with E-state index in [-0.39, 0.29) is 12.4 Å². The summed E-state index contributed by atoms with van der Waals surface area (Å²) in [7, 11) is 0. The molecule has 1 heterocycles. The fourth-order valence-corrected chi connectivity index (χ4v) is 1.70. The van der Waals surface area contributed by atoms with Crippen LogP contribution in [0.3, 0.4) is 0 Å². The number of nitrogens with zero attached hydrogens (tertiary/aromatic N) is 1. The minimum atomic E-state index is -0.295. The molecule has 0 fully saturated rings. The van der Waals surface area contributed by atoms with Crippen LogP contribution >= 0.6 is 0 Å². The highest BCUT2D eigenvalue weighted by Crippen LogP contribution is 2.16. The van der Waals surface area contributed by atoms with Crippen LogP contribution in [0.2, 0.25) is 0 Å². The lowest BCUT2D eigenvalue weighted by Crippen LogP contribution is -2.19. The summed E-state index contributed by atoms with van der Waals surface area (Å²) >= 11 is 0. The normalized spacial score (nSPS) is 14.4. The highest BCUT2D eigenvalue weighted by molar-refractivity contribution is 6.00. The quantitative estimate of drug-likeness (QED) is 0.669. The number of hydrogen-bond acceptors (Lipinski definition) is 4. The van der Waals surface area contributed by atoms with Gasteiger partial charge in [0.25, 0.3) is 0 Å². The van der Waals surface area contributed by atoms with Crippen LogP contribution in [0.15, 0.2) is 23.2 Å². The fraction of sp³-hybridized carbons (Fsp3) is 0.417. The van der Waals surface area contributed by atoms with Crippen molar-refractivity contribution in [1.82, 2.24) is 5.32 Å². The van der Waals surface area contributed by atoms with Gasteiger partial charge in [-0.2, -0.15) is 0 Å². The molecule has 17 heavy (non-hydrogen) atoms. The molecule has 0 aliphatic carbocycles. The van der Waals surface area contributed by atoms with Crippen molar-refractivity contribution in [2.75, 3.05) is 31.6 Å². The van der Waals surface area contributed by atoms with Gasteiger partial charge in [0.2, 0.25) is 0 Å². The standard InChI is InChI=1S/C12H16FN3O/c13-10-8-9(12-15-5-6-16-12)2-3-11(10)14-4-1-7-17/h2-3,8,14,17H,1,4-7H2,(H,15,16). The van der Waals surface area contributed by atoms with Crippen molar-refractivity contribution < 1.29 is 9.50 Å². The number of nitrogens with one attached hydrogen (secondary N) is 2. The Hall–Kier alpha value is -1.62. The van der Waals surface area contributed by atoms with Crippen molar-refractivity contribution in [3.05, 3.63) is 29.6 Å². The first kappa shape index (κ1) is 11.9. The lowest BCUT2D eigenvalue weighted by Gasteiger charge is -2.08. The Morgan fingerprint density at radius 3 is 3.00 bits per heavy atom. The summed E-state index contributed by atoms with van der Waals surface area (Å²) in [5.74, 6) is 0.461. The van der Waals surface area contributed by atoms with Gasteiger partial charge in [-0.25, -0.2) is 4.39 Å². The second-order valence-corrected chi connectivity index (χ2v) is 3.86. The number of benzene rings is 1. The predicted octanol–water partition coefficient (Wildman–Crippen LogP) is 0.970. The number of anilines is 1. The van der Waals surface area contributed by atoms with E-state index in [0.29, 0.717) is 18.7 Å². The van der Waals surface area contributed by atoms with E-state index in [4.69, 9.17) is 5.11 Å². The van der Waals surface area contributed by atoms with Gasteiger partial charge in [0.1, 0.15) is 11.7 Å². The number of hydrogen-bond donors (Lipinski definition) is 3. The van der Waals surface area contributed by atoms with Crippen LogP contribution in [-0.2, 0) is 0 Å². The summed E-state index contributed by atoms with van der Waals surface area (Å²) in [6.45, 7) is 2.22. The minimum absolute atomic E-state index is 0.105. The van der Waals surface area contributed by atoms with E-state index in [1.807, 2.05) is 6.07 Å². The van der Waals surface area contributed by atoms with Crippen LogP contribution in [-0.4, -0.2) is 37.2 Å². The van der Waals surface area contributed by atoms with E-state index in [0.717, 1.165) is 24.5 Å². The number of rotatable bonds is 5. The molecular weight excluding hydrogens is 221 g/mol. The van der Waals surface area contributed by atoms with Crippen molar-refractivity contribution in [3.8, 4) is 0 Å². The Balaban J connectivity index is 2.06. The van der Waals surface area contributed by atoms with Gasteiger partial charge in [0.05, 0.1) is 12.2 Å². The van der Waals surface area contributed by atoms with Crippen LogP contribution in [0.5, 0.6) is 0 Å². The Bertz CT molecular complexity index is 420. The van der Waals surface area contributed by atoms with Crippen LogP contribution in [0, 0.1) is 5.82 Å². The highest BCUT2D eigenvalue weighted by Gasteiger charge is 2.10. The van der Waals surface area contributed by atoms with Crippen molar-refractivity contribution in [2.24, 2.45) is 4.99 Å². The van der Waals surface area contributed by atoms with E-state index in [1.165, 1.54) is 6.07 Å². The number of halogens is 1. The average Bonchev–Trinajstić information content (AvgIpc) is 2.85. The minimum Gasteiger partial charge on any atom is -0.396 e. The van der Waals surface area contributed by atoms with E-state index in [1.54, 1.807) is 6.07 Å². The zero-order chi connectivity index (χ0) is 12.1. The molecule has 4 nitrogen and oxygen atoms in total. The molecule has 5 heteroatoms. The maximum Gasteiger partial charge on any atom is 0.147 e. The van der Waals surface area contributed by atoms with Crippen molar-refractivity contribution in [1.29, 1.82) is 0 Å². The van der Waals surface area contributed by atoms with Gasteiger partial charge in [-0.3, -0.25) is 4.99 Å². The summed E-state index contributed by atoms with van der Waals surface area (Å²) in [4.78, 5) is 4.24. The van der Waals surface area contributed by atoms with Gasteiger partial charge in [-0.15, -0.1) is 0 Å². The maximum absolute atomic E-state index is 13.7. The molecule has 0 atom stereocenters. The Morgan fingerprint density at radius 1 is 1.47 bits per heavy atom. The third-order valence-electron chi connectivity index (χ3n) is 2.57. The molecule has 0 amide bonds. The monoisotopic (exact) mass is 237 g/mol. The number of aliphatic imine (C=N–C) groups is 1. The number of amidine groups is 1. The second kappa shape index (κ2) is 5.63. The van der Waals surface area contributed by atoms with E-state index < -0.39 is 0 Å². The van der Waals surface area contributed by atoms with Crippen LogP contribution in [0.1, 0.15) is 12.0 Å². The molecule has 0 bridgehead atoms. The molecule has 0 saturated carbocycles.